The lowest BCUT2D eigenvalue weighted by atomic mass is 10.1. The van der Waals surface area contributed by atoms with Crippen molar-refractivity contribution in [2.75, 3.05) is 23.3 Å². The summed E-state index contributed by atoms with van der Waals surface area (Å²) in [7, 11) is 0. The zero-order valence-corrected chi connectivity index (χ0v) is 14.7. The number of benzene rings is 2. The van der Waals surface area contributed by atoms with Gasteiger partial charge < -0.3 is 15.5 Å². The van der Waals surface area contributed by atoms with Gasteiger partial charge in [-0.3, -0.25) is 0 Å². The highest BCUT2D eigenvalue weighted by Crippen LogP contribution is 2.29. The van der Waals surface area contributed by atoms with E-state index in [-0.39, 0.29) is 11.3 Å². The molecule has 0 bridgehead atoms. The molecule has 1 aliphatic heterocycles. The Balaban J connectivity index is 1.64. The molecule has 0 saturated carbocycles. The van der Waals surface area contributed by atoms with E-state index in [1.165, 1.54) is 11.8 Å². The van der Waals surface area contributed by atoms with Crippen LogP contribution < -0.4 is 15.5 Å². The first-order valence-corrected chi connectivity index (χ1v) is 9.14. The fourth-order valence-corrected chi connectivity index (χ4v) is 3.59. The maximum absolute atomic E-state index is 13.7. The van der Waals surface area contributed by atoms with Gasteiger partial charge in [0.2, 0.25) is 0 Å². The van der Waals surface area contributed by atoms with E-state index in [4.69, 9.17) is 0 Å². The van der Waals surface area contributed by atoms with Crippen LogP contribution in [0.3, 0.4) is 0 Å². The molecule has 3 nitrogen and oxygen atoms in total. The first-order valence-electron chi connectivity index (χ1n) is 8.20. The summed E-state index contributed by atoms with van der Waals surface area (Å²) in [6, 6.07) is 15.3. The average molecular weight is 343 g/mol. The van der Waals surface area contributed by atoms with Crippen molar-refractivity contribution in [1.82, 2.24) is 5.32 Å². The molecule has 0 fully saturated rings. The van der Waals surface area contributed by atoms with Gasteiger partial charge in [-0.1, -0.05) is 36.0 Å². The van der Waals surface area contributed by atoms with Crippen LogP contribution in [-0.2, 0) is 0 Å². The molecule has 0 radical (unpaired) electrons. The maximum Gasteiger partial charge on any atom is 0.149 e. The minimum atomic E-state index is -0.239. The van der Waals surface area contributed by atoms with Crippen LogP contribution in [-0.4, -0.2) is 18.6 Å². The largest absolute Gasteiger partial charge is 0.372 e. The van der Waals surface area contributed by atoms with Crippen LogP contribution in [0.4, 0.5) is 15.8 Å². The molecular formula is C19H22FN3S. The van der Waals surface area contributed by atoms with Crippen molar-refractivity contribution in [3.05, 3.63) is 65.3 Å². The number of nitrogens with one attached hydrogen (secondary N) is 2. The van der Waals surface area contributed by atoms with Gasteiger partial charge in [-0.05, 0) is 49.1 Å². The molecule has 0 aromatic heterocycles. The molecule has 1 unspecified atom stereocenters. The van der Waals surface area contributed by atoms with Crippen molar-refractivity contribution >= 4 is 28.8 Å². The molecule has 0 saturated heterocycles. The number of anilines is 2. The summed E-state index contributed by atoms with van der Waals surface area (Å²) in [5, 5.41) is 8.64. The Hall–Kier alpha value is -2.14. The molecule has 1 atom stereocenters. The van der Waals surface area contributed by atoms with E-state index in [9.17, 15) is 4.39 Å². The van der Waals surface area contributed by atoms with Crippen LogP contribution in [0.15, 0.2) is 53.9 Å². The van der Waals surface area contributed by atoms with Crippen LogP contribution >= 0.6 is 11.8 Å². The summed E-state index contributed by atoms with van der Waals surface area (Å²) in [5.74, 6) is -0.239. The Kier molecular flexibility index (Phi) is 5.30. The Labute approximate surface area is 146 Å². The molecule has 1 heterocycles. The third kappa shape index (κ3) is 3.67. The van der Waals surface area contributed by atoms with Gasteiger partial charge in [-0.15, -0.1) is 0 Å². The first kappa shape index (κ1) is 16.7. The Morgan fingerprint density at radius 3 is 2.46 bits per heavy atom. The molecule has 1 aliphatic rings. The third-order valence-corrected chi connectivity index (χ3v) is 4.96. The fourth-order valence-electron chi connectivity index (χ4n) is 2.73. The highest BCUT2D eigenvalue weighted by Gasteiger charge is 2.18. The van der Waals surface area contributed by atoms with Crippen molar-refractivity contribution in [2.24, 2.45) is 0 Å². The molecule has 0 spiro atoms. The van der Waals surface area contributed by atoms with E-state index in [1.807, 2.05) is 6.07 Å². The standard InChI is InChI=1S/C19H22FN3S/c1-3-23(4-2)15-11-9-14(10-12-15)18-13-24-19(22-18)21-17-8-6-5-7-16(17)20/h5-13,19,21-22H,3-4H2,1-2H3. The van der Waals surface area contributed by atoms with E-state index in [0.29, 0.717) is 5.69 Å². The van der Waals surface area contributed by atoms with E-state index in [0.717, 1.165) is 24.4 Å². The van der Waals surface area contributed by atoms with Crippen molar-refractivity contribution in [1.29, 1.82) is 0 Å². The van der Waals surface area contributed by atoms with Gasteiger partial charge in [0.15, 0.2) is 0 Å². The van der Waals surface area contributed by atoms with Gasteiger partial charge in [0, 0.05) is 18.8 Å². The predicted octanol–water partition coefficient (Wildman–Crippen LogP) is 4.70. The van der Waals surface area contributed by atoms with Gasteiger partial charge >= 0.3 is 0 Å². The fraction of sp³-hybridized carbons (Fsp3) is 0.263. The zero-order valence-electron chi connectivity index (χ0n) is 13.9. The first-order chi connectivity index (χ1) is 11.7. The lowest BCUT2D eigenvalue weighted by molar-refractivity contribution is 0.629. The number of hydrogen-bond donors (Lipinski definition) is 2. The molecule has 2 aromatic rings. The zero-order chi connectivity index (χ0) is 16.9. The lowest BCUT2D eigenvalue weighted by Crippen LogP contribution is -2.28. The molecular weight excluding hydrogens is 321 g/mol. The monoisotopic (exact) mass is 343 g/mol. The van der Waals surface area contributed by atoms with Gasteiger partial charge in [-0.2, -0.15) is 0 Å². The number of nitrogens with zero attached hydrogens (tertiary/aromatic N) is 1. The van der Waals surface area contributed by atoms with Gasteiger partial charge in [0.1, 0.15) is 11.3 Å². The second-order valence-corrected chi connectivity index (χ2v) is 6.51. The number of rotatable bonds is 6. The quantitative estimate of drug-likeness (QED) is 0.795. The molecule has 0 aliphatic carbocycles. The number of hydrogen-bond acceptors (Lipinski definition) is 4. The van der Waals surface area contributed by atoms with Gasteiger partial charge in [-0.25, -0.2) is 4.39 Å². The number of halogens is 1. The highest BCUT2D eigenvalue weighted by atomic mass is 32.2. The minimum absolute atomic E-state index is 0.0700. The summed E-state index contributed by atoms with van der Waals surface area (Å²) in [4.78, 5) is 2.32. The summed E-state index contributed by atoms with van der Waals surface area (Å²) < 4.78 is 13.7. The van der Waals surface area contributed by atoms with Crippen LogP contribution in [0, 0.1) is 5.82 Å². The van der Waals surface area contributed by atoms with Crippen molar-refractivity contribution in [3.8, 4) is 0 Å². The summed E-state index contributed by atoms with van der Waals surface area (Å²) in [6.07, 6.45) is 0. The Morgan fingerprint density at radius 1 is 1.08 bits per heavy atom. The smallest absolute Gasteiger partial charge is 0.149 e. The number of thioether (sulfide) groups is 1. The average Bonchev–Trinajstić information content (AvgIpc) is 3.07. The number of para-hydroxylation sites is 1. The summed E-state index contributed by atoms with van der Waals surface area (Å²) in [6.45, 7) is 6.32. The lowest BCUT2D eigenvalue weighted by Gasteiger charge is -2.21. The van der Waals surface area contributed by atoms with Gasteiger partial charge in [0.05, 0.1) is 11.4 Å². The highest BCUT2D eigenvalue weighted by molar-refractivity contribution is 8.03. The molecule has 3 rings (SSSR count). The van der Waals surface area contributed by atoms with E-state index >= 15 is 0 Å². The molecule has 2 N–H and O–H groups in total. The molecule has 5 heteroatoms. The van der Waals surface area contributed by atoms with Gasteiger partial charge in [0.25, 0.3) is 0 Å². The van der Waals surface area contributed by atoms with Crippen LogP contribution in [0.25, 0.3) is 5.70 Å². The second kappa shape index (κ2) is 7.62. The van der Waals surface area contributed by atoms with E-state index < -0.39 is 0 Å². The topological polar surface area (TPSA) is 27.3 Å². The van der Waals surface area contributed by atoms with E-state index in [1.54, 1.807) is 23.9 Å². The molecule has 0 amide bonds. The van der Waals surface area contributed by atoms with E-state index in [2.05, 4.69) is 59.1 Å². The predicted molar refractivity (Wildman–Crippen MR) is 103 cm³/mol. The van der Waals surface area contributed by atoms with Crippen LogP contribution in [0.5, 0.6) is 0 Å². The second-order valence-electron chi connectivity index (χ2n) is 5.54. The van der Waals surface area contributed by atoms with Crippen molar-refractivity contribution < 1.29 is 4.39 Å². The SMILES string of the molecule is CCN(CC)c1ccc(C2=CSC(Nc3ccccc3F)N2)cc1. The van der Waals surface area contributed by atoms with Crippen molar-refractivity contribution in [2.45, 2.75) is 19.3 Å². The molecule has 2 aromatic carbocycles. The third-order valence-electron chi connectivity index (χ3n) is 4.08. The Morgan fingerprint density at radius 2 is 1.79 bits per heavy atom. The van der Waals surface area contributed by atoms with Crippen LogP contribution in [0.2, 0.25) is 0 Å². The van der Waals surface area contributed by atoms with Crippen LogP contribution in [0.1, 0.15) is 19.4 Å². The summed E-state index contributed by atoms with van der Waals surface area (Å²) in [5.41, 5.74) is 3.86. The molecule has 24 heavy (non-hydrogen) atoms. The molecule has 126 valence electrons. The van der Waals surface area contributed by atoms with Crippen molar-refractivity contribution in [3.63, 3.8) is 0 Å². The summed E-state index contributed by atoms with van der Waals surface area (Å²) >= 11 is 1.61. The Bertz CT molecular complexity index is 711. The minimum Gasteiger partial charge on any atom is -0.372 e. The maximum atomic E-state index is 13.7. The normalized spacial score (nSPS) is 16.5.